The number of aromatic nitrogens is 1. The molecule has 0 atom stereocenters. The first kappa shape index (κ1) is 15.5. The largest absolute Gasteiger partial charge is 0.491 e. The lowest BCUT2D eigenvalue weighted by Crippen LogP contribution is -2.09. The van der Waals surface area contributed by atoms with Crippen LogP contribution in [0.25, 0.3) is 0 Å². The number of nitrogens with one attached hydrogen (secondary N) is 1. The van der Waals surface area contributed by atoms with Crippen molar-refractivity contribution in [2.45, 2.75) is 13.0 Å². The van der Waals surface area contributed by atoms with Crippen molar-refractivity contribution in [1.29, 1.82) is 0 Å². The molecule has 1 aromatic carbocycles. The van der Waals surface area contributed by atoms with E-state index in [0.29, 0.717) is 19.8 Å². The van der Waals surface area contributed by atoms with E-state index in [2.05, 4.69) is 16.4 Å². The average Bonchev–Trinajstić information content (AvgIpc) is 2.52. The number of pyridine rings is 1. The SMILES string of the molecule is CNCc1cccc(OCCOCCc2ccccn2)c1. The van der Waals surface area contributed by atoms with Crippen molar-refractivity contribution in [3.05, 3.63) is 59.9 Å². The molecule has 4 nitrogen and oxygen atoms in total. The number of ether oxygens (including phenoxy) is 2. The molecule has 0 unspecified atom stereocenters. The predicted octanol–water partition coefficient (Wildman–Crippen LogP) is 2.44. The van der Waals surface area contributed by atoms with Gasteiger partial charge in [-0.25, -0.2) is 0 Å². The number of hydrogen-bond acceptors (Lipinski definition) is 4. The van der Waals surface area contributed by atoms with Crippen molar-refractivity contribution >= 4 is 0 Å². The van der Waals surface area contributed by atoms with Gasteiger partial charge in [0.1, 0.15) is 12.4 Å². The summed E-state index contributed by atoms with van der Waals surface area (Å²) >= 11 is 0. The highest BCUT2D eigenvalue weighted by molar-refractivity contribution is 5.28. The lowest BCUT2D eigenvalue weighted by molar-refractivity contribution is 0.102. The van der Waals surface area contributed by atoms with Gasteiger partial charge in [0.15, 0.2) is 0 Å². The first-order valence-corrected chi connectivity index (χ1v) is 7.22. The quantitative estimate of drug-likeness (QED) is 0.719. The molecular weight excluding hydrogens is 264 g/mol. The Morgan fingerprint density at radius 1 is 1.05 bits per heavy atom. The third-order valence-electron chi connectivity index (χ3n) is 3.00. The highest BCUT2D eigenvalue weighted by Gasteiger charge is 1.97. The maximum Gasteiger partial charge on any atom is 0.119 e. The Balaban J connectivity index is 1.60. The van der Waals surface area contributed by atoms with Crippen LogP contribution in [0.4, 0.5) is 0 Å². The molecule has 0 amide bonds. The Kier molecular flexibility index (Phi) is 6.71. The summed E-state index contributed by atoms with van der Waals surface area (Å²) in [6.45, 7) is 2.66. The van der Waals surface area contributed by atoms with Gasteiger partial charge in [-0.1, -0.05) is 18.2 Å². The van der Waals surface area contributed by atoms with Crippen molar-refractivity contribution in [3.63, 3.8) is 0 Å². The van der Waals surface area contributed by atoms with E-state index in [1.165, 1.54) is 5.56 Å². The first-order chi connectivity index (χ1) is 10.4. The summed E-state index contributed by atoms with van der Waals surface area (Å²) in [6.07, 6.45) is 2.63. The van der Waals surface area contributed by atoms with Gasteiger partial charge >= 0.3 is 0 Å². The van der Waals surface area contributed by atoms with Gasteiger partial charge in [-0.15, -0.1) is 0 Å². The zero-order chi connectivity index (χ0) is 14.8. The Morgan fingerprint density at radius 3 is 2.81 bits per heavy atom. The number of nitrogens with zero attached hydrogens (tertiary/aromatic N) is 1. The van der Waals surface area contributed by atoms with E-state index in [-0.39, 0.29) is 0 Å². The van der Waals surface area contributed by atoms with Crippen LogP contribution in [0.15, 0.2) is 48.7 Å². The summed E-state index contributed by atoms with van der Waals surface area (Å²) in [5, 5.41) is 3.12. The molecule has 0 aliphatic carbocycles. The van der Waals surface area contributed by atoms with E-state index in [1.54, 1.807) is 6.20 Å². The Hall–Kier alpha value is -1.91. The molecular formula is C17H22N2O2. The van der Waals surface area contributed by atoms with Gasteiger partial charge in [0, 0.05) is 24.9 Å². The summed E-state index contributed by atoms with van der Waals surface area (Å²) in [5.41, 5.74) is 2.27. The molecule has 0 fully saturated rings. The third-order valence-corrected chi connectivity index (χ3v) is 3.00. The lowest BCUT2D eigenvalue weighted by atomic mass is 10.2. The number of benzene rings is 1. The summed E-state index contributed by atoms with van der Waals surface area (Å²) in [5.74, 6) is 0.885. The maximum absolute atomic E-state index is 5.68. The van der Waals surface area contributed by atoms with Gasteiger partial charge in [-0.3, -0.25) is 4.98 Å². The van der Waals surface area contributed by atoms with E-state index in [0.717, 1.165) is 24.4 Å². The molecule has 1 heterocycles. The minimum atomic E-state index is 0.561. The van der Waals surface area contributed by atoms with Crippen LogP contribution in [-0.4, -0.2) is 31.9 Å². The third kappa shape index (κ3) is 5.94. The molecule has 0 bridgehead atoms. The van der Waals surface area contributed by atoms with Crippen LogP contribution in [0.3, 0.4) is 0 Å². The smallest absolute Gasteiger partial charge is 0.119 e. The van der Waals surface area contributed by atoms with Crippen molar-refractivity contribution in [3.8, 4) is 5.75 Å². The predicted molar refractivity (Wildman–Crippen MR) is 83.5 cm³/mol. The molecule has 2 aromatic rings. The Bertz CT molecular complexity index is 517. The highest BCUT2D eigenvalue weighted by Crippen LogP contribution is 2.12. The molecule has 21 heavy (non-hydrogen) atoms. The standard InChI is InChI=1S/C17H22N2O2/c1-18-14-15-5-4-7-17(13-15)21-12-11-20-10-8-16-6-2-3-9-19-16/h2-7,9,13,18H,8,10-12,14H2,1H3. The molecule has 0 saturated carbocycles. The minimum Gasteiger partial charge on any atom is -0.491 e. The van der Waals surface area contributed by atoms with E-state index < -0.39 is 0 Å². The molecule has 0 saturated heterocycles. The van der Waals surface area contributed by atoms with Crippen molar-refractivity contribution < 1.29 is 9.47 Å². The van der Waals surface area contributed by atoms with Gasteiger partial charge in [0.2, 0.25) is 0 Å². The molecule has 1 aromatic heterocycles. The van der Waals surface area contributed by atoms with Crippen LogP contribution in [0.2, 0.25) is 0 Å². The van der Waals surface area contributed by atoms with Crippen molar-refractivity contribution in [2.24, 2.45) is 0 Å². The van der Waals surface area contributed by atoms with Crippen LogP contribution in [0.5, 0.6) is 5.75 Å². The summed E-state index contributed by atoms with van der Waals surface area (Å²) in [7, 11) is 1.93. The van der Waals surface area contributed by atoms with E-state index >= 15 is 0 Å². The normalized spacial score (nSPS) is 10.5. The fraction of sp³-hybridized carbons (Fsp3) is 0.353. The van der Waals surface area contributed by atoms with Gasteiger partial charge in [-0.05, 0) is 36.9 Å². The van der Waals surface area contributed by atoms with E-state index in [9.17, 15) is 0 Å². The fourth-order valence-electron chi connectivity index (χ4n) is 1.99. The Labute approximate surface area is 126 Å². The minimum absolute atomic E-state index is 0.561. The number of rotatable bonds is 9. The van der Waals surface area contributed by atoms with Crippen LogP contribution < -0.4 is 10.1 Å². The fourth-order valence-corrected chi connectivity index (χ4v) is 1.99. The second-order valence-corrected chi connectivity index (χ2v) is 4.71. The van der Waals surface area contributed by atoms with Crippen molar-refractivity contribution in [1.82, 2.24) is 10.3 Å². The lowest BCUT2D eigenvalue weighted by Gasteiger charge is -2.08. The average molecular weight is 286 g/mol. The summed E-state index contributed by atoms with van der Waals surface area (Å²) < 4.78 is 11.2. The van der Waals surface area contributed by atoms with E-state index in [4.69, 9.17) is 9.47 Å². The molecule has 1 N–H and O–H groups in total. The van der Waals surface area contributed by atoms with Gasteiger partial charge in [-0.2, -0.15) is 0 Å². The van der Waals surface area contributed by atoms with Crippen LogP contribution in [0, 0.1) is 0 Å². The molecule has 0 aliphatic heterocycles. The molecule has 0 aliphatic rings. The Morgan fingerprint density at radius 2 is 2.00 bits per heavy atom. The molecule has 2 rings (SSSR count). The molecule has 0 spiro atoms. The second-order valence-electron chi connectivity index (χ2n) is 4.71. The van der Waals surface area contributed by atoms with E-state index in [1.807, 2.05) is 43.4 Å². The van der Waals surface area contributed by atoms with Crippen LogP contribution in [0.1, 0.15) is 11.3 Å². The monoisotopic (exact) mass is 286 g/mol. The first-order valence-electron chi connectivity index (χ1n) is 7.22. The molecule has 112 valence electrons. The van der Waals surface area contributed by atoms with Gasteiger partial charge in [0.25, 0.3) is 0 Å². The zero-order valence-electron chi connectivity index (χ0n) is 12.4. The maximum atomic E-state index is 5.68. The highest BCUT2D eigenvalue weighted by atomic mass is 16.5. The molecule has 4 heteroatoms. The zero-order valence-corrected chi connectivity index (χ0v) is 12.4. The number of hydrogen-bond donors (Lipinski definition) is 1. The second kappa shape index (κ2) is 9.10. The van der Waals surface area contributed by atoms with Crippen LogP contribution in [-0.2, 0) is 17.7 Å². The summed E-state index contributed by atoms with van der Waals surface area (Å²) in [4.78, 5) is 4.25. The van der Waals surface area contributed by atoms with Crippen molar-refractivity contribution in [2.75, 3.05) is 26.9 Å². The topological polar surface area (TPSA) is 43.4 Å². The van der Waals surface area contributed by atoms with Gasteiger partial charge < -0.3 is 14.8 Å². The summed E-state index contributed by atoms with van der Waals surface area (Å²) in [6, 6.07) is 14.0. The van der Waals surface area contributed by atoms with Crippen LogP contribution >= 0.6 is 0 Å². The van der Waals surface area contributed by atoms with Gasteiger partial charge in [0.05, 0.1) is 13.2 Å². The molecule has 0 radical (unpaired) electrons.